The van der Waals surface area contributed by atoms with Gasteiger partial charge in [-0.15, -0.1) is 0 Å². The lowest BCUT2D eigenvalue weighted by molar-refractivity contribution is 0.0293. The van der Waals surface area contributed by atoms with E-state index < -0.39 is 0 Å². The molecule has 9 heavy (non-hydrogen) atoms. The molecule has 0 unspecified atom stereocenters. The molecular weight excluding hydrogens is 115 g/mol. The van der Waals surface area contributed by atoms with E-state index in [2.05, 4.69) is 6.92 Å². The maximum Gasteiger partial charge on any atom is 0.139 e. The van der Waals surface area contributed by atoms with Crippen LogP contribution in [0.4, 0.5) is 0 Å². The Morgan fingerprint density at radius 3 is 2.67 bits per heavy atom. The van der Waals surface area contributed by atoms with Gasteiger partial charge in [0.15, 0.2) is 0 Å². The molecule has 1 N–H and O–H groups in total. The molecule has 1 heterocycles. The summed E-state index contributed by atoms with van der Waals surface area (Å²) in [5.74, 6) is 0.532. The van der Waals surface area contributed by atoms with Gasteiger partial charge in [0, 0.05) is 6.00 Å². The van der Waals surface area contributed by atoms with Gasteiger partial charge in [0.2, 0.25) is 0 Å². The van der Waals surface area contributed by atoms with Gasteiger partial charge < -0.3 is 9.84 Å². The van der Waals surface area contributed by atoms with Crippen LogP contribution in [0.2, 0.25) is 0 Å². The average molecular weight is 128 g/mol. The van der Waals surface area contributed by atoms with Crippen LogP contribution in [0.5, 0.6) is 0 Å². The summed E-state index contributed by atoms with van der Waals surface area (Å²) in [5.41, 5.74) is 0. The van der Waals surface area contributed by atoms with Crippen LogP contribution in [0.25, 0.3) is 0 Å². The third-order valence-electron chi connectivity index (χ3n) is 1.93. The summed E-state index contributed by atoms with van der Waals surface area (Å²) in [6.07, 6.45) is 1.19. The van der Waals surface area contributed by atoms with Crippen molar-refractivity contribution in [1.82, 2.24) is 0 Å². The minimum absolute atomic E-state index is 0.0972. The summed E-state index contributed by atoms with van der Waals surface area (Å²) in [6, 6.07) is 0.345. The molecule has 0 aromatic rings. The molecule has 3 atom stereocenters. The zero-order valence-corrected chi connectivity index (χ0v) is 6.00. The van der Waals surface area contributed by atoms with Crippen LogP contribution >= 0.6 is 0 Å². The fourth-order valence-electron chi connectivity index (χ4n) is 1.39. The Labute approximate surface area is 56.6 Å². The predicted molar refractivity (Wildman–Crippen MR) is 38.1 cm³/mol. The molecule has 2 nitrogen and oxygen atoms in total. The molecule has 0 amide bonds. The van der Waals surface area contributed by atoms with Crippen LogP contribution in [0.1, 0.15) is 13.3 Å². The molecule has 0 aromatic carbocycles. The van der Waals surface area contributed by atoms with Gasteiger partial charge >= 0.3 is 0 Å². The van der Waals surface area contributed by atoms with Crippen molar-refractivity contribution in [2.45, 2.75) is 25.5 Å². The highest BCUT2D eigenvalue weighted by molar-refractivity contribution is 6.11. The first kappa shape index (κ1) is 7.10. The number of hydrogen-bond acceptors (Lipinski definition) is 2. The number of hydrogen-bond donors (Lipinski definition) is 1. The molecule has 0 aromatic heterocycles. The lowest BCUT2D eigenvalue weighted by atomic mass is 9.92. The lowest BCUT2D eigenvalue weighted by Gasteiger charge is -2.09. The Morgan fingerprint density at radius 2 is 2.44 bits per heavy atom. The lowest BCUT2D eigenvalue weighted by Crippen LogP contribution is -2.18. The highest BCUT2D eigenvalue weighted by atomic mass is 16.5. The molecule has 1 rings (SSSR count). The first-order valence-electron chi connectivity index (χ1n) is 3.50. The Hall–Kier alpha value is -0.0151. The van der Waals surface area contributed by atoms with E-state index in [4.69, 9.17) is 9.84 Å². The Kier molecular flexibility index (Phi) is 2.14. The molecule has 1 aliphatic heterocycles. The van der Waals surface area contributed by atoms with Crippen LogP contribution in [-0.2, 0) is 4.74 Å². The minimum Gasteiger partial charge on any atom is -0.394 e. The Morgan fingerprint density at radius 1 is 1.78 bits per heavy atom. The van der Waals surface area contributed by atoms with Gasteiger partial charge in [-0.1, -0.05) is 6.92 Å². The summed E-state index contributed by atoms with van der Waals surface area (Å²) in [5, 5.41) is 8.73. The smallest absolute Gasteiger partial charge is 0.139 e. The molecular formula is C6H13BO2. The Balaban J connectivity index is 2.38. The topological polar surface area (TPSA) is 29.5 Å². The van der Waals surface area contributed by atoms with Gasteiger partial charge in [-0.3, -0.25) is 0 Å². The van der Waals surface area contributed by atoms with E-state index in [0.29, 0.717) is 11.9 Å². The fourth-order valence-corrected chi connectivity index (χ4v) is 1.39. The zero-order valence-electron chi connectivity index (χ0n) is 6.00. The molecule has 0 bridgehead atoms. The van der Waals surface area contributed by atoms with E-state index in [1.165, 1.54) is 0 Å². The van der Waals surface area contributed by atoms with Crippen molar-refractivity contribution in [1.29, 1.82) is 0 Å². The van der Waals surface area contributed by atoms with Crippen molar-refractivity contribution < 1.29 is 9.84 Å². The molecule has 3 heteroatoms. The second-order valence-corrected chi connectivity index (χ2v) is 2.88. The van der Waals surface area contributed by atoms with Crippen molar-refractivity contribution in [3.8, 4) is 0 Å². The van der Waals surface area contributed by atoms with Gasteiger partial charge in [0.25, 0.3) is 0 Å². The summed E-state index contributed by atoms with van der Waals surface area (Å²) in [6.45, 7) is 2.29. The van der Waals surface area contributed by atoms with Crippen LogP contribution in [0.15, 0.2) is 0 Å². The number of aliphatic hydroxyl groups is 1. The van der Waals surface area contributed by atoms with Gasteiger partial charge in [-0.25, -0.2) is 0 Å². The molecule has 0 aliphatic carbocycles. The molecule has 1 aliphatic rings. The van der Waals surface area contributed by atoms with Crippen LogP contribution in [0, 0.1) is 5.92 Å². The third-order valence-corrected chi connectivity index (χ3v) is 1.93. The maximum absolute atomic E-state index is 8.73. The first-order chi connectivity index (χ1) is 4.24. The summed E-state index contributed by atoms with van der Waals surface area (Å²) < 4.78 is 5.37. The SMILES string of the molecule is B[C@H]1C[C@H](C)[C@@H](CO)O1. The van der Waals surface area contributed by atoms with Crippen molar-refractivity contribution in [2.24, 2.45) is 5.92 Å². The maximum atomic E-state index is 8.73. The quantitative estimate of drug-likeness (QED) is 0.476. The van der Waals surface area contributed by atoms with E-state index in [1.807, 2.05) is 7.85 Å². The van der Waals surface area contributed by atoms with Gasteiger partial charge in [0.1, 0.15) is 7.85 Å². The first-order valence-corrected chi connectivity index (χ1v) is 3.50. The van der Waals surface area contributed by atoms with Crippen LogP contribution < -0.4 is 0 Å². The monoisotopic (exact) mass is 128 g/mol. The van der Waals surface area contributed by atoms with E-state index in [0.717, 1.165) is 6.42 Å². The molecule has 52 valence electrons. The normalized spacial score (nSPS) is 43.6. The van der Waals surface area contributed by atoms with Gasteiger partial charge in [-0.2, -0.15) is 0 Å². The number of rotatable bonds is 1. The standard InChI is InChI=1S/C6H13BO2/c1-4-2-6(7)9-5(4)3-8/h4-6,8H,2-3,7H2,1H3/t4-,5+,6+/m0/s1. The molecule has 1 saturated heterocycles. The fraction of sp³-hybridized carbons (Fsp3) is 1.00. The molecule has 0 radical (unpaired) electrons. The zero-order chi connectivity index (χ0) is 6.85. The molecule has 1 fully saturated rings. The highest BCUT2D eigenvalue weighted by Gasteiger charge is 2.28. The molecule has 0 saturated carbocycles. The number of ether oxygens (including phenoxy) is 1. The largest absolute Gasteiger partial charge is 0.394 e. The van der Waals surface area contributed by atoms with E-state index in [9.17, 15) is 0 Å². The van der Waals surface area contributed by atoms with Crippen LogP contribution in [0.3, 0.4) is 0 Å². The second kappa shape index (κ2) is 2.71. The Bertz CT molecular complexity index is 97.1. The highest BCUT2D eigenvalue weighted by Crippen LogP contribution is 2.23. The van der Waals surface area contributed by atoms with Crippen molar-refractivity contribution in [2.75, 3.05) is 6.61 Å². The van der Waals surface area contributed by atoms with Crippen LogP contribution in [-0.4, -0.2) is 31.7 Å². The van der Waals surface area contributed by atoms with Crippen molar-refractivity contribution in [3.63, 3.8) is 0 Å². The molecule has 0 spiro atoms. The van der Waals surface area contributed by atoms with E-state index in [1.54, 1.807) is 0 Å². The predicted octanol–water partition coefficient (Wildman–Crippen LogP) is -0.637. The van der Waals surface area contributed by atoms with E-state index >= 15 is 0 Å². The average Bonchev–Trinajstić information content (AvgIpc) is 2.10. The third kappa shape index (κ3) is 1.46. The van der Waals surface area contributed by atoms with Gasteiger partial charge in [0.05, 0.1) is 12.7 Å². The summed E-state index contributed by atoms with van der Waals surface area (Å²) >= 11 is 0. The van der Waals surface area contributed by atoms with Gasteiger partial charge in [-0.05, 0) is 12.3 Å². The van der Waals surface area contributed by atoms with Crippen molar-refractivity contribution in [3.05, 3.63) is 0 Å². The minimum atomic E-state index is 0.0972. The van der Waals surface area contributed by atoms with E-state index in [-0.39, 0.29) is 12.7 Å². The summed E-state index contributed by atoms with van der Waals surface area (Å²) in [4.78, 5) is 0. The number of aliphatic hydroxyl groups excluding tert-OH is 1. The second-order valence-electron chi connectivity index (χ2n) is 2.88. The summed E-state index contributed by atoms with van der Waals surface area (Å²) in [7, 11) is 2.05. The van der Waals surface area contributed by atoms with Crippen molar-refractivity contribution >= 4 is 7.85 Å².